The minimum absolute atomic E-state index is 0.162. The van der Waals surface area contributed by atoms with Crippen LogP contribution in [-0.2, 0) is 30.8 Å². The van der Waals surface area contributed by atoms with Crippen LogP contribution in [0.25, 0.3) is 20.7 Å². The molecule has 37 heavy (non-hydrogen) atoms. The lowest BCUT2D eigenvalue weighted by Gasteiger charge is -2.15. The molecule has 3 heterocycles. The second-order valence-electron chi connectivity index (χ2n) is 8.56. The first-order valence-corrected chi connectivity index (χ1v) is 12.6. The minimum Gasteiger partial charge on any atom is -0.487 e. The molecule has 0 saturated heterocycles. The van der Waals surface area contributed by atoms with E-state index in [0.717, 1.165) is 44.0 Å². The number of nitrogens with one attached hydrogen (secondary N) is 1. The second-order valence-corrected chi connectivity index (χ2v) is 9.96. The maximum atomic E-state index is 13.4. The minimum atomic E-state index is -0.922. The van der Waals surface area contributed by atoms with Crippen LogP contribution in [0, 0.1) is 5.82 Å². The number of aliphatic carboxylic acids is 1. The van der Waals surface area contributed by atoms with Gasteiger partial charge in [-0.2, -0.15) is 5.10 Å². The van der Waals surface area contributed by atoms with Crippen molar-refractivity contribution in [3.63, 3.8) is 0 Å². The summed E-state index contributed by atoms with van der Waals surface area (Å²) >= 11 is 8.03. The molecule has 0 bridgehead atoms. The van der Waals surface area contributed by atoms with Gasteiger partial charge in [-0.05, 0) is 54.3 Å². The van der Waals surface area contributed by atoms with Gasteiger partial charge in [-0.1, -0.05) is 23.7 Å². The Morgan fingerprint density at radius 2 is 2.11 bits per heavy atom. The van der Waals surface area contributed by atoms with Gasteiger partial charge in [-0.3, -0.25) is 9.48 Å². The number of hydrogen-bond acceptors (Lipinski definition) is 7. The number of carboxylic acids is 1. The van der Waals surface area contributed by atoms with Crippen LogP contribution in [0.5, 0.6) is 5.75 Å². The third kappa shape index (κ3) is 4.49. The smallest absolute Gasteiger partial charge is 0.325 e. The number of ether oxygens (including phenoxy) is 1. The number of halogens is 2. The van der Waals surface area contributed by atoms with Gasteiger partial charge in [-0.25, -0.2) is 14.4 Å². The Labute approximate surface area is 219 Å². The van der Waals surface area contributed by atoms with Crippen molar-refractivity contribution in [2.24, 2.45) is 0 Å². The molecule has 0 unspecified atom stereocenters. The third-order valence-corrected chi connectivity index (χ3v) is 7.62. The molecule has 0 fully saturated rings. The first-order valence-electron chi connectivity index (χ1n) is 11.4. The molecule has 1 aliphatic rings. The summed E-state index contributed by atoms with van der Waals surface area (Å²) < 4.78 is 20.8. The van der Waals surface area contributed by atoms with E-state index in [4.69, 9.17) is 16.3 Å². The number of carboxylic acid groups (broad SMARTS) is 1. The topological polar surface area (TPSA) is 102 Å². The third-order valence-electron chi connectivity index (χ3n) is 6.16. The van der Waals surface area contributed by atoms with Gasteiger partial charge in [0.1, 0.15) is 41.7 Å². The molecule has 0 spiro atoms. The van der Waals surface area contributed by atoms with Gasteiger partial charge < -0.3 is 15.2 Å². The number of rotatable bonds is 7. The summed E-state index contributed by atoms with van der Waals surface area (Å²) in [6, 6.07) is 11.6. The van der Waals surface area contributed by atoms with Crippen molar-refractivity contribution in [2.75, 3.05) is 5.32 Å². The van der Waals surface area contributed by atoms with Gasteiger partial charge in [0.2, 0.25) is 0 Å². The number of benzene rings is 2. The molecule has 0 radical (unpaired) electrons. The molecule has 3 aromatic heterocycles. The van der Waals surface area contributed by atoms with E-state index in [1.807, 2.05) is 6.07 Å². The Hall–Kier alpha value is -4.02. The van der Waals surface area contributed by atoms with Crippen molar-refractivity contribution in [1.82, 2.24) is 19.7 Å². The number of fused-ring (bicyclic) bond motifs is 5. The molecule has 0 aliphatic heterocycles. The Morgan fingerprint density at radius 1 is 1.22 bits per heavy atom. The number of hydrogen-bond donors (Lipinski definition) is 2. The lowest BCUT2D eigenvalue weighted by atomic mass is 9.95. The molecule has 11 heteroatoms. The molecular formula is C26H19ClFN5O3S. The average molecular weight is 536 g/mol. The van der Waals surface area contributed by atoms with Crippen molar-refractivity contribution in [3.8, 4) is 16.2 Å². The molecule has 8 nitrogen and oxygen atoms in total. The van der Waals surface area contributed by atoms with Gasteiger partial charge in [0.05, 0.1) is 16.6 Å². The molecular weight excluding hydrogens is 517 g/mol. The molecule has 1 aliphatic carbocycles. The zero-order chi connectivity index (χ0) is 25.5. The first kappa shape index (κ1) is 23.4. The van der Waals surface area contributed by atoms with Crippen LogP contribution in [-0.4, -0.2) is 30.8 Å². The number of anilines is 2. The summed E-state index contributed by atoms with van der Waals surface area (Å²) in [6.45, 7) is 0.0355. The monoisotopic (exact) mass is 535 g/mol. The molecule has 6 rings (SSSR count). The molecule has 5 aromatic rings. The Balaban J connectivity index is 1.27. The standard InChI is InChI=1S/C26H19ClFN5O3S/c27-19-9-16(4-7-21(19)36-12-14-2-1-3-15(28)8-14)32-25-23-17-5-6-20-18(10-31-33(20)11-22(34)35)24(17)37-26(23)30-13-29-25/h1-4,7-10,13H,5-6,11-12H2,(H,34,35)(H,29,30,32). The highest BCUT2D eigenvalue weighted by atomic mass is 35.5. The lowest BCUT2D eigenvalue weighted by molar-refractivity contribution is -0.137. The first-order chi connectivity index (χ1) is 18.0. The van der Waals surface area contributed by atoms with Crippen molar-refractivity contribution in [3.05, 3.63) is 82.6 Å². The van der Waals surface area contributed by atoms with Crippen LogP contribution < -0.4 is 10.1 Å². The van der Waals surface area contributed by atoms with Crippen molar-refractivity contribution >= 4 is 50.6 Å². The van der Waals surface area contributed by atoms with Gasteiger partial charge >= 0.3 is 5.97 Å². The SMILES string of the molecule is O=C(O)Cn1ncc2c1CCc1c-2sc2ncnc(Nc3ccc(OCc4cccc(F)c4)c(Cl)c3)c12. The van der Waals surface area contributed by atoms with E-state index in [1.165, 1.54) is 18.5 Å². The highest BCUT2D eigenvalue weighted by Gasteiger charge is 2.27. The molecule has 2 aromatic carbocycles. The Bertz CT molecular complexity index is 1670. The number of carbonyl (C=O) groups is 1. The fourth-order valence-corrected chi connectivity index (χ4v) is 5.99. The normalized spacial score (nSPS) is 12.3. The summed E-state index contributed by atoms with van der Waals surface area (Å²) in [5.41, 5.74) is 4.42. The zero-order valence-electron chi connectivity index (χ0n) is 19.2. The zero-order valence-corrected chi connectivity index (χ0v) is 20.8. The summed E-state index contributed by atoms with van der Waals surface area (Å²) in [5, 5.41) is 18.2. The summed E-state index contributed by atoms with van der Waals surface area (Å²) in [7, 11) is 0. The fourth-order valence-electron chi connectivity index (χ4n) is 4.53. The van der Waals surface area contributed by atoms with Crippen LogP contribution in [0.1, 0.15) is 16.8 Å². The average Bonchev–Trinajstić information content (AvgIpc) is 3.45. The van der Waals surface area contributed by atoms with E-state index in [9.17, 15) is 14.3 Å². The fraction of sp³-hybridized carbons (Fsp3) is 0.154. The van der Waals surface area contributed by atoms with Crippen molar-refractivity contribution < 1.29 is 19.0 Å². The molecule has 2 N–H and O–H groups in total. The highest BCUT2D eigenvalue weighted by Crippen LogP contribution is 2.45. The molecule has 0 amide bonds. The van der Waals surface area contributed by atoms with Gasteiger partial charge in [0.15, 0.2) is 0 Å². The van der Waals surface area contributed by atoms with Gasteiger partial charge in [0, 0.05) is 21.8 Å². The van der Waals surface area contributed by atoms with Crippen molar-refractivity contribution in [2.45, 2.75) is 26.0 Å². The maximum Gasteiger partial charge on any atom is 0.325 e. The van der Waals surface area contributed by atoms with E-state index < -0.39 is 5.97 Å². The van der Waals surface area contributed by atoms with Crippen LogP contribution in [0.2, 0.25) is 5.02 Å². The van der Waals surface area contributed by atoms with Crippen molar-refractivity contribution in [1.29, 1.82) is 0 Å². The number of aryl methyl sites for hydroxylation is 1. The molecule has 186 valence electrons. The van der Waals surface area contributed by atoms with Crippen LogP contribution in [0.3, 0.4) is 0 Å². The second kappa shape index (κ2) is 9.45. The predicted octanol–water partition coefficient (Wildman–Crippen LogP) is 5.85. The Kier molecular flexibility index (Phi) is 5.97. The Morgan fingerprint density at radius 3 is 2.92 bits per heavy atom. The van der Waals surface area contributed by atoms with E-state index in [-0.39, 0.29) is 19.0 Å². The van der Waals surface area contributed by atoms with Gasteiger partial charge in [0.25, 0.3) is 0 Å². The largest absolute Gasteiger partial charge is 0.487 e. The van der Waals surface area contributed by atoms with Gasteiger partial charge in [-0.15, -0.1) is 11.3 Å². The van der Waals surface area contributed by atoms with E-state index in [2.05, 4.69) is 20.4 Å². The van der Waals surface area contributed by atoms with Crippen LogP contribution in [0.4, 0.5) is 15.9 Å². The van der Waals surface area contributed by atoms with E-state index >= 15 is 0 Å². The van der Waals surface area contributed by atoms with E-state index in [0.29, 0.717) is 28.6 Å². The van der Waals surface area contributed by atoms with E-state index in [1.54, 1.807) is 46.5 Å². The lowest BCUT2D eigenvalue weighted by Crippen LogP contribution is -2.15. The summed E-state index contributed by atoms with van der Waals surface area (Å²) in [4.78, 5) is 22.0. The summed E-state index contributed by atoms with van der Waals surface area (Å²) in [6.07, 6.45) is 4.65. The quantitative estimate of drug-likeness (QED) is 0.269. The highest BCUT2D eigenvalue weighted by molar-refractivity contribution is 7.22. The number of nitrogens with zero attached hydrogens (tertiary/aromatic N) is 4. The maximum absolute atomic E-state index is 13.4. The molecule has 0 saturated carbocycles. The van der Waals surface area contributed by atoms with Crippen LogP contribution >= 0.6 is 22.9 Å². The molecule has 0 atom stereocenters. The summed E-state index contributed by atoms with van der Waals surface area (Å²) in [5.74, 6) is -0.0882. The van der Waals surface area contributed by atoms with Crippen LogP contribution in [0.15, 0.2) is 55.0 Å². The number of thiophene rings is 1. The predicted molar refractivity (Wildman–Crippen MR) is 139 cm³/mol. The number of aromatic nitrogens is 4.